The van der Waals surface area contributed by atoms with Gasteiger partial charge in [-0.05, 0) is 24.3 Å². The third-order valence-electron chi connectivity index (χ3n) is 2.53. The molecule has 4 heteroatoms. The zero-order valence-electron chi connectivity index (χ0n) is 10.0. The van der Waals surface area contributed by atoms with Crippen molar-refractivity contribution in [3.05, 3.63) is 53.1 Å². The molecule has 0 aliphatic rings. The Hall–Kier alpha value is -1.87. The van der Waals surface area contributed by atoms with Crippen molar-refractivity contribution in [1.29, 1.82) is 0 Å². The van der Waals surface area contributed by atoms with Crippen LogP contribution in [0.15, 0.2) is 42.5 Å². The molecule has 0 saturated carbocycles. The predicted molar refractivity (Wildman–Crippen MR) is 73.2 cm³/mol. The van der Waals surface area contributed by atoms with E-state index in [4.69, 9.17) is 26.8 Å². The van der Waals surface area contributed by atoms with Gasteiger partial charge in [-0.25, -0.2) is 0 Å². The summed E-state index contributed by atoms with van der Waals surface area (Å²) in [5, 5.41) is 0.602. The lowest BCUT2D eigenvalue weighted by atomic mass is 10.2. The Bertz CT molecular complexity index is 543. The molecular weight excluding hydrogens is 250 g/mol. The molecule has 0 aliphatic carbocycles. The number of nitrogen functional groups attached to an aromatic ring is 1. The maximum absolute atomic E-state index is 6.08. The van der Waals surface area contributed by atoms with Crippen LogP contribution in [0.5, 0.6) is 11.5 Å². The third-order valence-corrected chi connectivity index (χ3v) is 2.88. The first kappa shape index (κ1) is 12.6. The molecule has 0 spiro atoms. The van der Waals surface area contributed by atoms with E-state index >= 15 is 0 Å². The zero-order chi connectivity index (χ0) is 13.0. The highest BCUT2D eigenvalue weighted by atomic mass is 35.5. The van der Waals surface area contributed by atoms with Gasteiger partial charge >= 0.3 is 0 Å². The highest BCUT2D eigenvalue weighted by Crippen LogP contribution is 2.28. The van der Waals surface area contributed by atoms with E-state index in [2.05, 4.69) is 0 Å². The number of para-hydroxylation sites is 2. The molecule has 2 aromatic rings. The summed E-state index contributed by atoms with van der Waals surface area (Å²) < 4.78 is 10.9. The number of methoxy groups -OCH3 is 1. The highest BCUT2D eigenvalue weighted by molar-refractivity contribution is 6.31. The average Bonchev–Trinajstić information content (AvgIpc) is 2.38. The van der Waals surface area contributed by atoms with Gasteiger partial charge in [0.2, 0.25) is 0 Å². The molecule has 2 aromatic carbocycles. The normalized spacial score (nSPS) is 10.1. The van der Waals surface area contributed by atoms with Gasteiger partial charge in [0.15, 0.2) is 11.5 Å². The van der Waals surface area contributed by atoms with E-state index < -0.39 is 0 Å². The van der Waals surface area contributed by atoms with Crippen molar-refractivity contribution in [2.45, 2.75) is 6.61 Å². The van der Waals surface area contributed by atoms with Crippen LogP contribution < -0.4 is 15.2 Å². The fourth-order valence-electron chi connectivity index (χ4n) is 1.57. The van der Waals surface area contributed by atoms with Gasteiger partial charge in [0.05, 0.1) is 7.11 Å². The summed E-state index contributed by atoms with van der Waals surface area (Å²) in [5.74, 6) is 1.39. The number of halogens is 1. The number of benzene rings is 2. The molecule has 2 rings (SSSR count). The summed E-state index contributed by atoms with van der Waals surface area (Å²) in [6.45, 7) is 0.374. The van der Waals surface area contributed by atoms with Gasteiger partial charge in [-0.15, -0.1) is 0 Å². The van der Waals surface area contributed by atoms with Crippen LogP contribution in [0.1, 0.15) is 5.56 Å². The van der Waals surface area contributed by atoms with Crippen LogP contribution in [0.4, 0.5) is 5.69 Å². The van der Waals surface area contributed by atoms with E-state index in [1.165, 1.54) is 0 Å². The number of hydrogen-bond donors (Lipinski definition) is 1. The Labute approximate surface area is 111 Å². The highest BCUT2D eigenvalue weighted by Gasteiger charge is 2.05. The molecule has 0 radical (unpaired) electrons. The summed E-state index contributed by atoms with van der Waals surface area (Å²) in [6, 6.07) is 12.8. The van der Waals surface area contributed by atoms with Crippen molar-refractivity contribution in [1.82, 2.24) is 0 Å². The van der Waals surface area contributed by atoms with E-state index in [0.717, 1.165) is 5.56 Å². The molecule has 0 atom stereocenters. The van der Waals surface area contributed by atoms with Gasteiger partial charge in [-0.2, -0.15) is 0 Å². The molecule has 0 aromatic heterocycles. The summed E-state index contributed by atoms with van der Waals surface area (Å²) in [7, 11) is 1.61. The minimum absolute atomic E-state index is 0.374. The first-order valence-corrected chi connectivity index (χ1v) is 5.88. The Morgan fingerprint density at radius 1 is 1.11 bits per heavy atom. The van der Waals surface area contributed by atoms with Crippen LogP contribution in [0.2, 0.25) is 5.02 Å². The molecule has 0 aliphatic heterocycles. The molecule has 2 N–H and O–H groups in total. The standard InChI is InChI=1S/C14H14ClNO2/c1-17-13-4-2-3-5-14(13)18-9-10-6-7-11(16)8-12(10)15/h2-8H,9,16H2,1H3. The SMILES string of the molecule is COc1ccccc1OCc1ccc(N)cc1Cl. The topological polar surface area (TPSA) is 44.5 Å². The third kappa shape index (κ3) is 2.87. The second-order valence-electron chi connectivity index (χ2n) is 3.79. The smallest absolute Gasteiger partial charge is 0.161 e. The largest absolute Gasteiger partial charge is 0.493 e. The maximum atomic E-state index is 6.08. The Morgan fingerprint density at radius 3 is 2.50 bits per heavy atom. The predicted octanol–water partition coefficient (Wildman–Crippen LogP) is 3.51. The molecule has 0 saturated heterocycles. The van der Waals surface area contributed by atoms with Crippen LogP contribution in [-0.2, 0) is 6.61 Å². The average molecular weight is 264 g/mol. The molecule has 94 valence electrons. The van der Waals surface area contributed by atoms with Crippen LogP contribution in [-0.4, -0.2) is 7.11 Å². The van der Waals surface area contributed by atoms with Crippen molar-refractivity contribution >= 4 is 17.3 Å². The number of ether oxygens (including phenoxy) is 2. The maximum Gasteiger partial charge on any atom is 0.161 e. The molecule has 0 bridgehead atoms. The fraction of sp³-hybridized carbons (Fsp3) is 0.143. The van der Waals surface area contributed by atoms with Gasteiger partial charge in [0, 0.05) is 16.3 Å². The second kappa shape index (κ2) is 5.65. The van der Waals surface area contributed by atoms with E-state index in [9.17, 15) is 0 Å². The lowest BCUT2D eigenvalue weighted by Gasteiger charge is -2.11. The van der Waals surface area contributed by atoms with Crippen LogP contribution in [0.25, 0.3) is 0 Å². The fourth-order valence-corrected chi connectivity index (χ4v) is 1.82. The molecule has 0 heterocycles. The molecule has 3 nitrogen and oxygen atoms in total. The molecule has 18 heavy (non-hydrogen) atoms. The summed E-state index contributed by atoms with van der Waals surface area (Å²) in [4.78, 5) is 0. The van der Waals surface area contributed by atoms with Gasteiger partial charge in [-0.1, -0.05) is 29.8 Å². The minimum Gasteiger partial charge on any atom is -0.493 e. The van der Waals surface area contributed by atoms with Gasteiger partial charge < -0.3 is 15.2 Å². The zero-order valence-corrected chi connectivity index (χ0v) is 10.8. The first-order valence-electron chi connectivity index (χ1n) is 5.50. The number of nitrogens with two attached hydrogens (primary N) is 1. The number of rotatable bonds is 4. The molecule has 0 fully saturated rings. The van der Waals surface area contributed by atoms with Gasteiger partial charge in [0.25, 0.3) is 0 Å². The van der Waals surface area contributed by atoms with Crippen molar-refractivity contribution in [3.63, 3.8) is 0 Å². The Balaban J connectivity index is 2.11. The van der Waals surface area contributed by atoms with E-state index in [1.807, 2.05) is 30.3 Å². The van der Waals surface area contributed by atoms with Crippen LogP contribution in [0.3, 0.4) is 0 Å². The van der Waals surface area contributed by atoms with E-state index in [1.54, 1.807) is 19.2 Å². The van der Waals surface area contributed by atoms with Crippen LogP contribution in [0, 0.1) is 0 Å². The first-order chi connectivity index (χ1) is 8.70. The second-order valence-corrected chi connectivity index (χ2v) is 4.20. The summed E-state index contributed by atoms with van der Waals surface area (Å²) in [6.07, 6.45) is 0. The minimum atomic E-state index is 0.374. The lowest BCUT2D eigenvalue weighted by Crippen LogP contribution is -1.98. The summed E-state index contributed by atoms with van der Waals surface area (Å²) >= 11 is 6.08. The van der Waals surface area contributed by atoms with Crippen molar-refractivity contribution in [2.24, 2.45) is 0 Å². The number of anilines is 1. The number of hydrogen-bond acceptors (Lipinski definition) is 3. The van der Waals surface area contributed by atoms with Crippen LogP contribution >= 0.6 is 11.6 Å². The Kier molecular flexibility index (Phi) is 3.95. The summed E-state index contributed by atoms with van der Waals surface area (Å²) in [5.41, 5.74) is 7.16. The van der Waals surface area contributed by atoms with E-state index in [-0.39, 0.29) is 0 Å². The monoisotopic (exact) mass is 263 g/mol. The quantitative estimate of drug-likeness (QED) is 0.859. The lowest BCUT2D eigenvalue weighted by molar-refractivity contribution is 0.284. The molecular formula is C14H14ClNO2. The van der Waals surface area contributed by atoms with Crippen molar-refractivity contribution in [3.8, 4) is 11.5 Å². The molecule has 0 unspecified atom stereocenters. The van der Waals surface area contributed by atoms with Gasteiger partial charge in [0.1, 0.15) is 6.61 Å². The Morgan fingerprint density at radius 2 is 1.83 bits per heavy atom. The van der Waals surface area contributed by atoms with Crippen molar-refractivity contribution < 1.29 is 9.47 Å². The van der Waals surface area contributed by atoms with Crippen molar-refractivity contribution in [2.75, 3.05) is 12.8 Å². The van der Waals surface area contributed by atoms with Gasteiger partial charge in [-0.3, -0.25) is 0 Å². The van der Waals surface area contributed by atoms with E-state index in [0.29, 0.717) is 28.8 Å². The molecule has 0 amide bonds.